The van der Waals surface area contributed by atoms with Crippen LogP contribution in [0.15, 0.2) is 12.1 Å². The molecule has 3 heterocycles. The van der Waals surface area contributed by atoms with Crippen LogP contribution in [0.1, 0.15) is 29.8 Å². The fourth-order valence-electron chi connectivity index (χ4n) is 3.03. The molecule has 1 saturated heterocycles. The van der Waals surface area contributed by atoms with Crippen LogP contribution < -0.4 is 9.47 Å². The molecular formula is C17H23N5O3. The van der Waals surface area contributed by atoms with Crippen molar-refractivity contribution in [2.24, 2.45) is 0 Å². The Kier molecular flexibility index (Phi) is 5.16. The zero-order chi connectivity index (χ0) is 17.8. The van der Waals surface area contributed by atoms with E-state index in [1.807, 2.05) is 18.7 Å². The van der Waals surface area contributed by atoms with Crippen molar-refractivity contribution in [1.29, 1.82) is 0 Å². The van der Waals surface area contributed by atoms with Gasteiger partial charge in [0.2, 0.25) is 17.7 Å². The van der Waals surface area contributed by atoms with Crippen LogP contribution in [0, 0.1) is 13.8 Å². The van der Waals surface area contributed by atoms with E-state index in [9.17, 15) is 4.79 Å². The van der Waals surface area contributed by atoms with E-state index in [-0.39, 0.29) is 12.0 Å². The van der Waals surface area contributed by atoms with Crippen LogP contribution in [0.2, 0.25) is 0 Å². The highest BCUT2D eigenvalue weighted by atomic mass is 16.5. The number of rotatable bonds is 6. The van der Waals surface area contributed by atoms with E-state index in [0.29, 0.717) is 37.7 Å². The number of nitrogens with zero attached hydrogens (tertiary/aromatic N) is 4. The first kappa shape index (κ1) is 17.2. The number of methoxy groups -OCH3 is 1. The lowest BCUT2D eigenvalue weighted by molar-refractivity contribution is -0.130. The lowest BCUT2D eigenvalue weighted by Crippen LogP contribution is -2.31. The number of carbonyl (C=O) groups excluding carboxylic acids is 1. The molecule has 1 atom stereocenters. The number of nitrogens with one attached hydrogen (secondary N) is 1. The van der Waals surface area contributed by atoms with Gasteiger partial charge in [-0.1, -0.05) is 0 Å². The topological polar surface area (TPSA) is 93.2 Å². The molecule has 25 heavy (non-hydrogen) atoms. The van der Waals surface area contributed by atoms with Gasteiger partial charge in [0.15, 0.2) is 0 Å². The highest BCUT2D eigenvalue weighted by Gasteiger charge is 2.28. The summed E-state index contributed by atoms with van der Waals surface area (Å²) in [5.41, 5.74) is 3.13. The molecule has 3 rings (SSSR count). The summed E-state index contributed by atoms with van der Waals surface area (Å²) >= 11 is 0. The molecule has 8 nitrogen and oxygen atoms in total. The second-order valence-electron chi connectivity index (χ2n) is 6.19. The maximum atomic E-state index is 12.4. The Bertz CT molecular complexity index is 709. The van der Waals surface area contributed by atoms with Crippen molar-refractivity contribution in [3.05, 3.63) is 29.1 Å². The van der Waals surface area contributed by atoms with E-state index >= 15 is 0 Å². The van der Waals surface area contributed by atoms with Gasteiger partial charge in [0.25, 0.3) is 0 Å². The molecule has 0 spiro atoms. The number of hydrogen-bond donors (Lipinski definition) is 1. The maximum absolute atomic E-state index is 12.4. The molecule has 1 amide bonds. The summed E-state index contributed by atoms with van der Waals surface area (Å²) in [6, 6.07) is 3.43. The quantitative estimate of drug-likeness (QED) is 0.851. The summed E-state index contributed by atoms with van der Waals surface area (Å²) in [5, 5.41) is 15.0. The normalized spacial score (nSPS) is 16.9. The maximum Gasteiger partial charge on any atom is 0.233 e. The molecule has 2 aromatic heterocycles. The molecule has 8 heteroatoms. The van der Waals surface area contributed by atoms with Crippen molar-refractivity contribution in [3.63, 3.8) is 0 Å². The third kappa shape index (κ3) is 4.07. The van der Waals surface area contributed by atoms with Crippen LogP contribution in [0.3, 0.4) is 0 Å². The van der Waals surface area contributed by atoms with Crippen LogP contribution in [0.5, 0.6) is 11.8 Å². The number of H-pyrrole nitrogens is 1. The van der Waals surface area contributed by atoms with Gasteiger partial charge in [0, 0.05) is 37.2 Å². The predicted molar refractivity (Wildman–Crippen MR) is 90.6 cm³/mol. The fraction of sp³-hybridized carbons (Fsp3) is 0.529. The monoisotopic (exact) mass is 345 g/mol. The number of carbonyl (C=O) groups is 1. The molecule has 0 unspecified atom stereocenters. The minimum absolute atomic E-state index is 0.0518. The van der Waals surface area contributed by atoms with Gasteiger partial charge in [-0.3, -0.25) is 9.89 Å². The van der Waals surface area contributed by atoms with E-state index in [2.05, 4.69) is 20.4 Å². The smallest absolute Gasteiger partial charge is 0.233 e. The molecule has 0 aromatic carbocycles. The van der Waals surface area contributed by atoms with Crippen LogP contribution in [0.25, 0.3) is 0 Å². The van der Waals surface area contributed by atoms with E-state index in [0.717, 1.165) is 23.4 Å². The van der Waals surface area contributed by atoms with Gasteiger partial charge in [-0.05, 0) is 25.8 Å². The average molecular weight is 345 g/mol. The molecule has 134 valence electrons. The van der Waals surface area contributed by atoms with Crippen molar-refractivity contribution >= 4 is 5.91 Å². The lowest BCUT2D eigenvalue weighted by Gasteiger charge is -2.17. The summed E-state index contributed by atoms with van der Waals surface area (Å²) < 4.78 is 10.8. The van der Waals surface area contributed by atoms with E-state index in [4.69, 9.17) is 9.47 Å². The second kappa shape index (κ2) is 7.50. The Labute approximate surface area is 146 Å². The van der Waals surface area contributed by atoms with Gasteiger partial charge >= 0.3 is 0 Å². The molecule has 0 aliphatic carbocycles. The predicted octanol–water partition coefficient (Wildman–Crippen LogP) is 1.44. The van der Waals surface area contributed by atoms with Gasteiger partial charge in [0.1, 0.15) is 6.10 Å². The molecule has 1 aliphatic heterocycles. The lowest BCUT2D eigenvalue weighted by atomic mass is 10.1. The first-order valence-corrected chi connectivity index (χ1v) is 8.39. The van der Waals surface area contributed by atoms with Crippen molar-refractivity contribution in [2.45, 2.75) is 39.2 Å². The SMILES string of the molecule is COc1ccc(O[C@H]2CCN(C(=O)CCc3c(C)n[nH]c3C)C2)nn1. The standard InChI is InChI=1S/C17H23N5O3/c1-11-14(12(2)19-18-11)4-7-17(23)22-9-8-13(10-22)25-16-6-5-15(24-3)20-21-16/h5-6,13H,4,7-10H2,1-3H3,(H,18,19)/t13-/m0/s1. The molecule has 2 aromatic rings. The number of aryl methyl sites for hydroxylation is 2. The summed E-state index contributed by atoms with van der Waals surface area (Å²) in [6.07, 6.45) is 1.93. The zero-order valence-corrected chi connectivity index (χ0v) is 14.8. The van der Waals surface area contributed by atoms with Crippen molar-refractivity contribution in [2.75, 3.05) is 20.2 Å². The molecule has 0 saturated carbocycles. The first-order chi connectivity index (χ1) is 12.1. The third-order valence-corrected chi connectivity index (χ3v) is 4.48. The number of likely N-dealkylation sites (tertiary alicyclic amines) is 1. The molecule has 1 fully saturated rings. The van der Waals surface area contributed by atoms with Gasteiger partial charge in [-0.25, -0.2) is 0 Å². The average Bonchev–Trinajstić information content (AvgIpc) is 3.21. The molecule has 0 radical (unpaired) electrons. The Hall–Kier alpha value is -2.64. The Balaban J connectivity index is 1.49. The van der Waals surface area contributed by atoms with Crippen LogP contribution >= 0.6 is 0 Å². The number of aromatic nitrogens is 4. The molecule has 1 N–H and O–H groups in total. The van der Waals surface area contributed by atoms with Gasteiger partial charge in [0.05, 0.1) is 19.3 Å². The van der Waals surface area contributed by atoms with Crippen LogP contribution in [0.4, 0.5) is 0 Å². The van der Waals surface area contributed by atoms with Crippen molar-refractivity contribution in [3.8, 4) is 11.8 Å². The number of hydrogen-bond acceptors (Lipinski definition) is 6. The molecular weight excluding hydrogens is 322 g/mol. The Morgan fingerprint density at radius 1 is 1.32 bits per heavy atom. The van der Waals surface area contributed by atoms with Gasteiger partial charge < -0.3 is 14.4 Å². The zero-order valence-electron chi connectivity index (χ0n) is 14.8. The number of aromatic amines is 1. The van der Waals surface area contributed by atoms with E-state index in [1.165, 1.54) is 7.11 Å². The van der Waals surface area contributed by atoms with Crippen LogP contribution in [-0.2, 0) is 11.2 Å². The summed E-state index contributed by atoms with van der Waals surface area (Å²) in [6.45, 7) is 5.22. The van der Waals surface area contributed by atoms with Gasteiger partial charge in [-0.15, -0.1) is 10.2 Å². The minimum atomic E-state index is -0.0518. The number of amides is 1. The van der Waals surface area contributed by atoms with E-state index in [1.54, 1.807) is 12.1 Å². The fourth-order valence-corrected chi connectivity index (χ4v) is 3.03. The highest BCUT2D eigenvalue weighted by Crippen LogP contribution is 2.19. The minimum Gasteiger partial charge on any atom is -0.480 e. The van der Waals surface area contributed by atoms with Crippen molar-refractivity contribution in [1.82, 2.24) is 25.3 Å². The summed E-state index contributed by atoms with van der Waals surface area (Å²) in [5.74, 6) is 1.04. The summed E-state index contributed by atoms with van der Waals surface area (Å²) in [4.78, 5) is 14.3. The molecule has 1 aliphatic rings. The van der Waals surface area contributed by atoms with Gasteiger partial charge in [-0.2, -0.15) is 5.10 Å². The first-order valence-electron chi connectivity index (χ1n) is 8.39. The Morgan fingerprint density at radius 3 is 2.72 bits per heavy atom. The molecule has 0 bridgehead atoms. The highest BCUT2D eigenvalue weighted by molar-refractivity contribution is 5.76. The van der Waals surface area contributed by atoms with Crippen LogP contribution in [-0.4, -0.2) is 57.5 Å². The summed E-state index contributed by atoms with van der Waals surface area (Å²) in [7, 11) is 1.54. The third-order valence-electron chi connectivity index (χ3n) is 4.48. The number of ether oxygens (including phenoxy) is 2. The largest absolute Gasteiger partial charge is 0.480 e. The Morgan fingerprint density at radius 2 is 2.08 bits per heavy atom. The van der Waals surface area contributed by atoms with E-state index < -0.39 is 0 Å². The van der Waals surface area contributed by atoms with Crippen molar-refractivity contribution < 1.29 is 14.3 Å². The second-order valence-corrected chi connectivity index (χ2v) is 6.19.